The maximum absolute atomic E-state index is 13.0. The van der Waals surface area contributed by atoms with Crippen LogP contribution in [0, 0.1) is 5.92 Å². The summed E-state index contributed by atoms with van der Waals surface area (Å²) in [6.45, 7) is 2.69. The van der Waals surface area contributed by atoms with Gasteiger partial charge in [0.2, 0.25) is 11.8 Å². The molecule has 1 atom stereocenters. The SMILES string of the molecule is CC(=O)Nc1ccc(NC(=O)C(C)CCl)c(C(F)(F)F)c1. The maximum atomic E-state index is 13.0. The Kier molecular flexibility index (Phi) is 5.60. The van der Waals surface area contributed by atoms with Crippen molar-refractivity contribution in [2.24, 2.45) is 5.92 Å². The van der Waals surface area contributed by atoms with Gasteiger partial charge in [0.25, 0.3) is 0 Å². The van der Waals surface area contributed by atoms with Gasteiger partial charge < -0.3 is 10.6 Å². The second-order valence-corrected chi connectivity index (χ2v) is 4.79. The van der Waals surface area contributed by atoms with E-state index in [0.717, 1.165) is 12.1 Å². The van der Waals surface area contributed by atoms with Crippen LogP contribution in [0.25, 0.3) is 0 Å². The second kappa shape index (κ2) is 6.80. The van der Waals surface area contributed by atoms with Crippen LogP contribution in [0.3, 0.4) is 0 Å². The highest BCUT2D eigenvalue weighted by Gasteiger charge is 2.34. The molecule has 0 radical (unpaired) electrons. The van der Waals surface area contributed by atoms with E-state index in [4.69, 9.17) is 11.6 Å². The fourth-order valence-electron chi connectivity index (χ4n) is 1.49. The Balaban J connectivity index is 3.14. The topological polar surface area (TPSA) is 58.2 Å². The van der Waals surface area contributed by atoms with Crippen LogP contribution in [0.1, 0.15) is 19.4 Å². The van der Waals surface area contributed by atoms with E-state index in [1.165, 1.54) is 19.9 Å². The highest BCUT2D eigenvalue weighted by molar-refractivity contribution is 6.19. The first kappa shape index (κ1) is 17.3. The van der Waals surface area contributed by atoms with Crippen LogP contribution in [0.15, 0.2) is 18.2 Å². The molecule has 4 nitrogen and oxygen atoms in total. The predicted octanol–water partition coefficient (Wildman–Crippen LogP) is 3.48. The lowest BCUT2D eigenvalue weighted by Crippen LogP contribution is -2.23. The van der Waals surface area contributed by atoms with E-state index in [9.17, 15) is 22.8 Å². The zero-order valence-electron chi connectivity index (χ0n) is 11.3. The molecule has 0 aliphatic carbocycles. The molecule has 2 N–H and O–H groups in total. The van der Waals surface area contributed by atoms with Crippen LogP contribution in [-0.2, 0) is 15.8 Å². The minimum absolute atomic E-state index is 0.00165. The number of rotatable bonds is 4. The molecule has 1 unspecified atom stereocenters. The molecule has 116 valence electrons. The van der Waals surface area contributed by atoms with Gasteiger partial charge in [-0.2, -0.15) is 13.2 Å². The summed E-state index contributed by atoms with van der Waals surface area (Å²) in [5.74, 6) is -1.72. The zero-order valence-corrected chi connectivity index (χ0v) is 12.1. The molecule has 1 rings (SSSR count). The highest BCUT2D eigenvalue weighted by Crippen LogP contribution is 2.36. The normalized spacial score (nSPS) is 12.7. The molecule has 0 spiro atoms. The molecule has 0 aliphatic heterocycles. The fraction of sp³-hybridized carbons (Fsp3) is 0.385. The van der Waals surface area contributed by atoms with Gasteiger partial charge in [-0.15, -0.1) is 11.6 Å². The van der Waals surface area contributed by atoms with Crippen molar-refractivity contribution in [2.75, 3.05) is 16.5 Å². The van der Waals surface area contributed by atoms with Gasteiger partial charge in [0.1, 0.15) is 0 Å². The third kappa shape index (κ3) is 4.93. The van der Waals surface area contributed by atoms with Gasteiger partial charge in [0.05, 0.1) is 11.3 Å². The number of carbonyl (C=O) groups excluding carboxylic acids is 2. The van der Waals surface area contributed by atoms with Gasteiger partial charge in [-0.25, -0.2) is 0 Å². The number of alkyl halides is 4. The lowest BCUT2D eigenvalue weighted by atomic mass is 10.1. The summed E-state index contributed by atoms with van der Waals surface area (Å²) in [5.41, 5.74) is -1.42. The molecule has 0 fully saturated rings. The van der Waals surface area contributed by atoms with Crippen LogP contribution in [-0.4, -0.2) is 17.7 Å². The third-order valence-corrected chi connectivity index (χ3v) is 3.05. The van der Waals surface area contributed by atoms with E-state index in [-0.39, 0.29) is 17.3 Å². The first-order chi connectivity index (χ1) is 9.65. The quantitative estimate of drug-likeness (QED) is 0.834. The molecule has 21 heavy (non-hydrogen) atoms. The summed E-state index contributed by atoms with van der Waals surface area (Å²) in [7, 11) is 0. The Morgan fingerprint density at radius 2 is 1.90 bits per heavy atom. The molecule has 0 bridgehead atoms. The van der Waals surface area contributed by atoms with Crippen LogP contribution < -0.4 is 10.6 Å². The summed E-state index contributed by atoms with van der Waals surface area (Å²) in [6.07, 6.45) is -4.67. The van der Waals surface area contributed by atoms with Gasteiger partial charge in [-0.05, 0) is 18.2 Å². The zero-order chi connectivity index (χ0) is 16.2. The number of hydrogen-bond acceptors (Lipinski definition) is 2. The standard InChI is InChI=1S/C13H14ClF3N2O2/c1-7(6-14)12(21)19-11-4-3-9(18-8(2)20)5-10(11)13(15,16)17/h3-5,7H,6H2,1-2H3,(H,18,20)(H,19,21). The molecule has 0 heterocycles. The van der Waals surface area contributed by atoms with Crippen LogP contribution in [0.5, 0.6) is 0 Å². The number of carbonyl (C=O) groups is 2. The maximum Gasteiger partial charge on any atom is 0.418 e. The number of amides is 2. The Morgan fingerprint density at radius 3 is 2.38 bits per heavy atom. The van der Waals surface area contributed by atoms with Crippen molar-refractivity contribution in [3.8, 4) is 0 Å². The van der Waals surface area contributed by atoms with Gasteiger partial charge in [-0.3, -0.25) is 9.59 Å². The average molecular weight is 323 g/mol. The van der Waals surface area contributed by atoms with Crippen molar-refractivity contribution >= 4 is 34.8 Å². The van der Waals surface area contributed by atoms with Crippen molar-refractivity contribution in [3.05, 3.63) is 23.8 Å². The molecule has 1 aromatic rings. The van der Waals surface area contributed by atoms with E-state index in [0.29, 0.717) is 0 Å². The van der Waals surface area contributed by atoms with E-state index >= 15 is 0 Å². The molecule has 2 amide bonds. The van der Waals surface area contributed by atoms with E-state index in [2.05, 4.69) is 10.6 Å². The summed E-state index contributed by atoms with van der Waals surface area (Å²) >= 11 is 5.49. The average Bonchev–Trinajstić information content (AvgIpc) is 2.37. The van der Waals surface area contributed by atoms with E-state index in [1.54, 1.807) is 0 Å². The highest BCUT2D eigenvalue weighted by atomic mass is 35.5. The predicted molar refractivity (Wildman–Crippen MR) is 74.3 cm³/mol. The fourth-order valence-corrected chi connectivity index (χ4v) is 1.63. The van der Waals surface area contributed by atoms with E-state index in [1.807, 2.05) is 0 Å². The van der Waals surface area contributed by atoms with Crippen molar-refractivity contribution in [2.45, 2.75) is 20.0 Å². The van der Waals surface area contributed by atoms with Gasteiger partial charge in [0, 0.05) is 24.4 Å². The number of benzene rings is 1. The molecular formula is C13H14ClF3N2O2. The number of anilines is 2. The molecule has 0 saturated heterocycles. The lowest BCUT2D eigenvalue weighted by molar-refractivity contribution is -0.137. The minimum atomic E-state index is -4.67. The molecule has 0 aliphatic rings. The molecule has 0 saturated carbocycles. The van der Waals surface area contributed by atoms with Crippen molar-refractivity contribution in [3.63, 3.8) is 0 Å². The summed E-state index contributed by atoms with van der Waals surface area (Å²) in [4.78, 5) is 22.5. The lowest BCUT2D eigenvalue weighted by Gasteiger charge is -2.16. The Morgan fingerprint density at radius 1 is 1.29 bits per heavy atom. The number of halogens is 4. The van der Waals surface area contributed by atoms with Gasteiger partial charge in [-0.1, -0.05) is 6.92 Å². The number of nitrogens with one attached hydrogen (secondary N) is 2. The van der Waals surface area contributed by atoms with Crippen LogP contribution in [0.2, 0.25) is 0 Å². The van der Waals surface area contributed by atoms with Crippen LogP contribution >= 0.6 is 11.6 Å². The molecular weight excluding hydrogens is 309 g/mol. The Labute approximate surface area is 124 Å². The van der Waals surface area contributed by atoms with E-state index < -0.39 is 29.5 Å². The van der Waals surface area contributed by atoms with Crippen molar-refractivity contribution in [1.29, 1.82) is 0 Å². The molecule has 1 aromatic carbocycles. The largest absolute Gasteiger partial charge is 0.418 e. The second-order valence-electron chi connectivity index (χ2n) is 4.48. The van der Waals surface area contributed by atoms with Crippen LogP contribution in [0.4, 0.5) is 24.5 Å². The first-order valence-corrected chi connectivity index (χ1v) is 6.54. The number of hydrogen-bond donors (Lipinski definition) is 2. The van der Waals surface area contributed by atoms with Crippen molar-refractivity contribution < 1.29 is 22.8 Å². The smallest absolute Gasteiger partial charge is 0.326 e. The first-order valence-electron chi connectivity index (χ1n) is 6.00. The van der Waals surface area contributed by atoms with Gasteiger partial charge >= 0.3 is 6.18 Å². The Hall–Kier alpha value is -1.76. The minimum Gasteiger partial charge on any atom is -0.326 e. The molecule has 8 heteroatoms. The summed E-state index contributed by atoms with van der Waals surface area (Å²) < 4.78 is 39.0. The monoisotopic (exact) mass is 322 g/mol. The van der Waals surface area contributed by atoms with Crippen molar-refractivity contribution in [1.82, 2.24) is 0 Å². The molecule has 0 aromatic heterocycles. The third-order valence-electron chi connectivity index (χ3n) is 2.58. The summed E-state index contributed by atoms with van der Waals surface area (Å²) in [6, 6.07) is 3.13. The van der Waals surface area contributed by atoms with Gasteiger partial charge in [0.15, 0.2) is 0 Å². The Bertz CT molecular complexity index is 547. The summed E-state index contributed by atoms with van der Waals surface area (Å²) in [5, 5.41) is 4.45.